The van der Waals surface area contributed by atoms with E-state index in [2.05, 4.69) is 6.07 Å². The maximum atomic E-state index is 12.1. The lowest BCUT2D eigenvalue weighted by molar-refractivity contribution is -0.147. The third-order valence-corrected chi connectivity index (χ3v) is 3.84. The summed E-state index contributed by atoms with van der Waals surface area (Å²) in [5.41, 5.74) is 1.20. The van der Waals surface area contributed by atoms with Gasteiger partial charge in [0, 0.05) is 6.54 Å². The molecule has 1 fully saturated rings. The third kappa shape index (κ3) is 3.81. The Balaban J connectivity index is 2.20. The molecule has 1 aromatic rings. The van der Waals surface area contributed by atoms with Gasteiger partial charge in [-0.3, -0.25) is 4.90 Å². The first-order valence-electron chi connectivity index (χ1n) is 7.03. The predicted octanol–water partition coefficient (Wildman–Crippen LogP) is 1.48. The zero-order valence-electron chi connectivity index (χ0n) is 12.3. The first-order valence-corrected chi connectivity index (χ1v) is 7.03. The van der Waals surface area contributed by atoms with Crippen LogP contribution in [0.4, 0.5) is 0 Å². The van der Waals surface area contributed by atoms with Crippen LogP contribution in [0.3, 0.4) is 0 Å². The number of rotatable bonds is 6. The Labute approximate surface area is 124 Å². The number of nitriles is 1. The fourth-order valence-corrected chi connectivity index (χ4v) is 2.49. The minimum Gasteiger partial charge on any atom is -0.468 e. The van der Waals surface area contributed by atoms with Gasteiger partial charge in [-0.15, -0.1) is 0 Å². The molecule has 0 aliphatic heterocycles. The molecule has 0 aromatic heterocycles. The lowest BCUT2D eigenvalue weighted by atomic mass is 10.0. The van der Waals surface area contributed by atoms with Gasteiger partial charge in [0.05, 0.1) is 24.8 Å². The van der Waals surface area contributed by atoms with E-state index in [4.69, 9.17) is 10.00 Å². The zero-order chi connectivity index (χ0) is 15.4. The summed E-state index contributed by atoms with van der Waals surface area (Å²) in [6, 6.07) is 8.37. The molecule has 2 rings (SSSR count). The molecule has 1 aliphatic rings. The van der Waals surface area contributed by atoms with Crippen molar-refractivity contribution in [3.8, 4) is 6.07 Å². The molecular weight excluding hydrogens is 268 g/mol. The van der Waals surface area contributed by atoms with Crippen molar-refractivity contribution >= 4 is 5.97 Å². The molecule has 1 saturated carbocycles. The highest BCUT2D eigenvalue weighted by Crippen LogP contribution is 2.33. The Morgan fingerprint density at radius 1 is 1.57 bits per heavy atom. The Morgan fingerprint density at radius 3 is 2.86 bits per heavy atom. The van der Waals surface area contributed by atoms with Crippen LogP contribution in [-0.2, 0) is 9.53 Å². The lowest BCUT2D eigenvalue weighted by Crippen LogP contribution is -2.37. The van der Waals surface area contributed by atoms with Crippen LogP contribution in [0, 0.1) is 17.2 Å². The highest BCUT2D eigenvalue weighted by molar-refractivity contribution is 5.77. The average Bonchev–Trinajstić information content (AvgIpc) is 3.32. The van der Waals surface area contributed by atoms with Gasteiger partial charge in [0.25, 0.3) is 0 Å². The number of carbonyl (C=O) groups is 1. The number of carbonyl (C=O) groups excluding carboxylic acids is 1. The van der Waals surface area contributed by atoms with E-state index in [0.29, 0.717) is 23.6 Å². The molecule has 1 aromatic carbocycles. The van der Waals surface area contributed by atoms with Crippen LogP contribution < -0.4 is 0 Å². The molecule has 112 valence electrons. The number of hydrogen-bond donors (Lipinski definition) is 1. The quantitative estimate of drug-likeness (QED) is 0.803. The second-order valence-electron chi connectivity index (χ2n) is 5.51. The van der Waals surface area contributed by atoms with E-state index in [1.54, 1.807) is 36.2 Å². The monoisotopic (exact) mass is 288 g/mol. The molecule has 0 spiro atoms. The topological polar surface area (TPSA) is 73.6 Å². The van der Waals surface area contributed by atoms with Gasteiger partial charge in [-0.05, 0) is 43.5 Å². The van der Waals surface area contributed by atoms with Crippen LogP contribution in [-0.4, -0.2) is 42.8 Å². The van der Waals surface area contributed by atoms with Gasteiger partial charge >= 0.3 is 5.97 Å². The number of benzene rings is 1. The van der Waals surface area contributed by atoms with Gasteiger partial charge in [-0.1, -0.05) is 12.1 Å². The second-order valence-corrected chi connectivity index (χ2v) is 5.51. The molecule has 1 N–H and O–H groups in total. The summed E-state index contributed by atoms with van der Waals surface area (Å²) in [7, 11) is 3.13. The third-order valence-electron chi connectivity index (χ3n) is 3.84. The van der Waals surface area contributed by atoms with E-state index in [1.165, 1.54) is 7.11 Å². The number of likely N-dealkylation sites (N-methyl/N-ethyl adjacent to an activating group) is 1. The lowest BCUT2D eigenvalue weighted by Gasteiger charge is -2.28. The van der Waals surface area contributed by atoms with Crippen LogP contribution in [0.15, 0.2) is 24.3 Å². The Kier molecular flexibility index (Phi) is 4.94. The van der Waals surface area contributed by atoms with Crippen molar-refractivity contribution in [2.24, 2.45) is 5.92 Å². The fraction of sp³-hybridized carbons (Fsp3) is 0.500. The first-order chi connectivity index (χ1) is 10.1. The number of aliphatic hydroxyl groups excluding tert-OH is 1. The molecule has 0 amide bonds. The van der Waals surface area contributed by atoms with Crippen LogP contribution in [0.1, 0.15) is 30.0 Å². The van der Waals surface area contributed by atoms with Gasteiger partial charge in [0.1, 0.15) is 6.04 Å². The highest BCUT2D eigenvalue weighted by atomic mass is 16.5. The number of nitrogens with zero attached hydrogens (tertiary/aromatic N) is 2. The number of esters is 1. The van der Waals surface area contributed by atoms with Gasteiger partial charge < -0.3 is 9.84 Å². The summed E-state index contributed by atoms with van der Waals surface area (Å²) in [5.74, 6) is -0.0493. The van der Waals surface area contributed by atoms with E-state index < -0.39 is 18.1 Å². The van der Waals surface area contributed by atoms with Gasteiger partial charge in [-0.25, -0.2) is 4.79 Å². The molecule has 5 heteroatoms. The standard InChI is InChI=1S/C16H20N2O3/c1-18(10-14(19)12-6-7-12)15(16(20)21-2)13-5-3-4-11(8-13)9-17/h3-5,8,12,14-15,19H,6-7,10H2,1-2H3. The molecule has 0 heterocycles. The highest BCUT2D eigenvalue weighted by Gasteiger charge is 2.34. The van der Waals surface area contributed by atoms with E-state index in [1.807, 2.05) is 0 Å². The fourth-order valence-electron chi connectivity index (χ4n) is 2.49. The minimum absolute atomic E-state index is 0.344. The maximum Gasteiger partial charge on any atom is 0.327 e. The normalized spacial score (nSPS) is 17.1. The van der Waals surface area contributed by atoms with Gasteiger partial charge in [-0.2, -0.15) is 5.26 Å². The van der Waals surface area contributed by atoms with Crippen molar-refractivity contribution in [2.75, 3.05) is 20.7 Å². The number of methoxy groups -OCH3 is 1. The van der Waals surface area contributed by atoms with Crippen LogP contribution in [0.2, 0.25) is 0 Å². The molecule has 1 aliphatic carbocycles. The number of ether oxygens (including phenoxy) is 1. The summed E-state index contributed by atoms with van der Waals surface area (Å²) in [6.07, 6.45) is 1.66. The predicted molar refractivity (Wildman–Crippen MR) is 77.3 cm³/mol. The zero-order valence-corrected chi connectivity index (χ0v) is 12.3. The van der Waals surface area contributed by atoms with Crippen molar-refractivity contribution in [3.63, 3.8) is 0 Å². The Hall–Kier alpha value is -1.90. The van der Waals surface area contributed by atoms with Gasteiger partial charge in [0.2, 0.25) is 0 Å². The van der Waals surface area contributed by atoms with E-state index in [0.717, 1.165) is 12.8 Å². The summed E-state index contributed by atoms with van der Waals surface area (Å²) in [6.45, 7) is 0.404. The number of hydrogen-bond acceptors (Lipinski definition) is 5. The average molecular weight is 288 g/mol. The molecule has 0 saturated heterocycles. The van der Waals surface area contributed by atoms with Crippen molar-refractivity contribution in [1.29, 1.82) is 5.26 Å². The molecule has 21 heavy (non-hydrogen) atoms. The van der Waals surface area contributed by atoms with Crippen LogP contribution in [0.25, 0.3) is 0 Å². The Bertz CT molecular complexity index is 549. The summed E-state index contributed by atoms with van der Waals surface area (Å²) in [5, 5.41) is 19.0. The number of aliphatic hydroxyl groups is 1. The Morgan fingerprint density at radius 2 is 2.29 bits per heavy atom. The van der Waals surface area contributed by atoms with Gasteiger partial charge in [0.15, 0.2) is 0 Å². The summed E-state index contributed by atoms with van der Waals surface area (Å²) < 4.78 is 4.87. The maximum absolute atomic E-state index is 12.1. The summed E-state index contributed by atoms with van der Waals surface area (Å²) in [4.78, 5) is 13.9. The molecule has 0 bridgehead atoms. The second kappa shape index (κ2) is 6.70. The molecular formula is C16H20N2O3. The van der Waals surface area contributed by atoms with Crippen LogP contribution >= 0.6 is 0 Å². The minimum atomic E-state index is -0.614. The van der Waals surface area contributed by atoms with Crippen molar-refractivity contribution < 1.29 is 14.6 Å². The molecule has 0 radical (unpaired) electrons. The van der Waals surface area contributed by atoms with Crippen molar-refractivity contribution in [3.05, 3.63) is 35.4 Å². The molecule has 5 nitrogen and oxygen atoms in total. The summed E-state index contributed by atoms with van der Waals surface area (Å²) >= 11 is 0. The molecule has 2 unspecified atom stereocenters. The molecule has 2 atom stereocenters. The first kappa shape index (κ1) is 15.5. The van der Waals surface area contributed by atoms with Crippen molar-refractivity contribution in [1.82, 2.24) is 4.90 Å². The van der Waals surface area contributed by atoms with E-state index in [9.17, 15) is 9.90 Å². The largest absolute Gasteiger partial charge is 0.468 e. The SMILES string of the molecule is COC(=O)C(c1cccc(C#N)c1)N(C)CC(O)C1CC1. The van der Waals surface area contributed by atoms with Crippen LogP contribution in [0.5, 0.6) is 0 Å². The van der Waals surface area contributed by atoms with E-state index in [-0.39, 0.29) is 0 Å². The van der Waals surface area contributed by atoms with E-state index >= 15 is 0 Å². The smallest absolute Gasteiger partial charge is 0.327 e. The van der Waals surface area contributed by atoms with Crippen molar-refractivity contribution in [2.45, 2.75) is 25.0 Å².